The lowest BCUT2D eigenvalue weighted by molar-refractivity contribution is -0.116. The molecule has 2 amide bonds. The molecule has 0 bridgehead atoms. The van der Waals surface area contributed by atoms with Crippen molar-refractivity contribution in [1.82, 2.24) is 0 Å². The third-order valence-corrected chi connectivity index (χ3v) is 3.96. The van der Waals surface area contributed by atoms with E-state index in [-0.39, 0.29) is 11.8 Å². The first-order valence-electron chi connectivity index (χ1n) is 7.17. The number of benzene rings is 1. The van der Waals surface area contributed by atoms with Gasteiger partial charge in [-0.3, -0.25) is 9.59 Å². The number of rotatable bonds is 7. The van der Waals surface area contributed by atoms with Crippen LogP contribution in [0.3, 0.4) is 0 Å². The number of hydrogen-bond donors (Lipinski definition) is 3. The lowest BCUT2D eigenvalue weighted by atomic mass is 10.2. The number of nitrogens with two attached hydrogens (primary N) is 1. The zero-order valence-electron chi connectivity index (χ0n) is 12.8. The van der Waals surface area contributed by atoms with Gasteiger partial charge in [0.15, 0.2) is 0 Å². The molecule has 0 aliphatic carbocycles. The number of thiophene rings is 1. The van der Waals surface area contributed by atoms with Crippen LogP contribution < -0.4 is 21.1 Å². The van der Waals surface area contributed by atoms with Crippen molar-refractivity contribution in [2.45, 2.75) is 12.8 Å². The molecule has 1 heterocycles. The highest BCUT2D eigenvalue weighted by atomic mass is 32.1. The topological polar surface area (TPSA) is 93.4 Å². The summed E-state index contributed by atoms with van der Waals surface area (Å²) >= 11 is 1.36. The van der Waals surface area contributed by atoms with Crippen LogP contribution in [0.15, 0.2) is 35.7 Å². The van der Waals surface area contributed by atoms with Crippen molar-refractivity contribution in [3.05, 3.63) is 40.6 Å². The van der Waals surface area contributed by atoms with E-state index in [2.05, 4.69) is 10.6 Å². The first-order chi connectivity index (χ1) is 11.1. The van der Waals surface area contributed by atoms with Crippen molar-refractivity contribution in [1.29, 1.82) is 0 Å². The Morgan fingerprint density at radius 3 is 2.74 bits per heavy atom. The van der Waals surface area contributed by atoms with Crippen LogP contribution in [-0.4, -0.2) is 25.5 Å². The largest absolute Gasteiger partial charge is 0.494 e. The zero-order chi connectivity index (χ0) is 16.7. The molecular weight excluding hydrogens is 314 g/mol. The van der Waals surface area contributed by atoms with E-state index in [0.717, 1.165) is 0 Å². The molecule has 0 atom stereocenters. The second kappa shape index (κ2) is 8.30. The Bertz CT molecular complexity index is 671. The first-order valence-corrected chi connectivity index (χ1v) is 8.05. The van der Waals surface area contributed by atoms with Crippen molar-refractivity contribution >= 4 is 34.5 Å². The monoisotopic (exact) mass is 333 g/mol. The minimum absolute atomic E-state index is 0.104. The fraction of sp³-hybridized carbons (Fsp3) is 0.250. The van der Waals surface area contributed by atoms with E-state index in [0.29, 0.717) is 41.4 Å². The molecule has 1 aromatic carbocycles. The molecule has 2 aromatic rings. The summed E-state index contributed by atoms with van der Waals surface area (Å²) in [5, 5.41) is 7.41. The lowest BCUT2D eigenvalue weighted by Gasteiger charge is -2.12. The Balaban J connectivity index is 2.07. The van der Waals surface area contributed by atoms with Gasteiger partial charge in [-0.2, -0.15) is 0 Å². The molecule has 6 nitrogen and oxygen atoms in total. The van der Waals surface area contributed by atoms with Gasteiger partial charge in [0.25, 0.3) is 5.91 Å². The van der Waals surface area contributed by atoms with Gasteiger partial charge in [0.1, 0.15) is 5.75 Å². The van der Waals surface area contributed by atoms with Crippen molar-refractivity contribution < 1.29 is 14.3 Å². The van der Waals surface area contributed by atoms with E-state index in [9.17, 15) is 9.59 Å². The summed E-state index contributed by atoms with van der Waals surface area (Å²) in [5.41, 5.74) is 6.54. The van der Waals surface area contributed by atoms with Gasteiger partial charge in [0.05, 0.1) is 17.7 Å². The molecule has 0 aliphatic rings. The Kier molecular flexibility index (Phi) is 6.13. The van der Waals surface area contributed by atoms with Crippen LogP contribution in [-0.2, 0) is 4.79 Å². The highest BCUT2D eigenvalue weighted by Gasteiger charge is 2.12. The molecule has 7 heteroatoms. The third kappa shape index (κ3) is 4.80. The van der Waals surface area contributed by atoms with E-state index >= 15 is 0 Å². The summed E-state index contributed by atoms with van der Waals surface area (Å²) in [7, 11) is 1.51. The Morgan fingerprint density at radius 2 is 2.09 bits per heavy atom. The molecule has 4 N–H and O–H groups in total. The van der Waals surface area contributed by atoms with Gasteiger partial charge in [-0.1, -0.05) is 6.07 Å². The summed E-state index contributed by atoms with van der Waals surface area (Å²) < 4.78 is 5.28. The van der Waals surface area contributed by atoms with Gasteiger partial charge in [0, 0.05) is 18.2 Å². The average Bonchev–Trinajstić information content (AvgIpc) is 3.08. The smallest absolute Gasteiger partial charge is 0.265 e. The molecule has 0 spiro atoms. The van der Waals surface area contributed by atoms with Crippen molar-refractivity contribution in [3.8, 4) is 5.75 Å². The van der Waals surface area contributed by atoms with Gasteiger partial charge in [-0.25, -0.2) is 0 Å². The van der Waals surface area contributed by atoms with Crippen LogP contribution in [0, 0.1) is 0 Å². The predicted octanol–water partition coefficient (Wildman–Crippen LogP) is 2.69. The third-order valence-electron chi connectivity index (χ3n) is 3.09. The highest BCUT2D eigenvalue weighted by molar-refractivity contribution is 7.12. The Morgan fingerprint density at radius 1 is 1.26 bits per heavy atom. The van der Waals surface area contributed by atoms with E-state index in [1.54, 1.807) is 24.3 Å². The van der Waals surface area contributed by atoms with Crippen molar-refractivity contribution in [2.75, 3.05) is 24.3 Å². The standard InChI is InChI=1S/C16H19N3O3S/c1-22-13-10-11(18-15(20)5-2-8-17)6-7-12(13)19-16(21)14-4-3-9-23-14/h3-4,6-7,9-10H,2,5,8,17H2,1H3,(H,18,20)(H,19,21). The summed E-state index contributed by atoms with van der Waals surface area (Å²) in [4.78, 5) is 24.4. The lowest BCUT2D eigenvalue weighted by Crippen LogP contribution is -2.14. The Hall–Kier alpha value is -2.38. The number of methoxy groups -OCH3 is 1. The van der Waals surface area contributed by atoms with E-state index < -0.39 is 0 Å². The van der Waals surface area contributed by atoms with Gasteiger partial charge in [0.2, 0.25) is 5.91 Å². The van der Waals surface area contributed by atoms with Gasteiger partial charge >= 0.3 is 0 Å². The first kappa shape index (κ1) is 17.0. The zero-order valence-corrected chi connectivity index (χ0v) is 13.6. The summed E-state index contributed by atoms with van der Waals surface area (Å²) in [5.74, 6) is 0.178. The number of hydrogen-bond acceptors (Lipinski definition) is 5. The SMILES string of the molecule is COc1cc(NC(=O)CCCN)ccc1NC(=O)c1cccs1. The molecule has 0 unspecified atom stereocenters. The van der Waals surface area contributed by atoms with Crippen LogP contribution in [0.4, 0.5) is 11.4 Å². The normalized spacial score (nSPS) is 10.2. The number of amides is 2. The molecule has 0 fully saturated rings. The number of carbonyl (C=O) groups is 2. The van der Waals surface area contributed by atoms with E-state index in [1.807, 2.05) is 11.4 Å². The second-order valence-electron chi connectivity index (χ2n) is 4.79. The predicted molar refractivity (Wildman–Crippen MR) is 92.2 cm³/mol. The average molecular weight is 333 g/mol. The van der Waals surface area contributed by atoms with E-state index in [1.165, 1.54) is 18.4 Å². The van der Waals surface area contributed by atoms with Gasteiger partial charge in [-0.15, -0.1) is 11.3 Å². The van der Waals surface area contributed by atoms with Crippen LogP contribution in [0.5, 0.6) is 5.75 Å². The maximum absolute atomic E-state index is 12.1. The molecule has 0 saturated heterocycles. The molecule has 23 heavy (non-hydrogen) atoms. The maximum Gasteiger partial charge on any atom is 0.265 e. The highest BCUT2D eigenvalue weighted by Crippen LogP contribution is 2.28. The molecule has 1 aromatic heterocycles. The van der Waals surface area contributed by atoms with Crippen molar-refractivity contribution in [3.63, 3.8) is 0 Å². The van der Waals surface area contributed by atoms with Gasteiger partial charge in [-0.05, 0) is 36.5 Å². The second-order valence-corrected chi connectivity index (χ2v) is 5.73. The number of nitrogens with one attached hydrogen (secondary N) is 2. The number of anilines is 2. The fourth-order valence-corrected chi connectivity index (χ4v) is 2.57. The number of ether oxygens (including phenoxy) is 1. The summed E-state index contributed by atoms with van der Waals surface area (Å²) in [6.45, 7) is 0.477. The summed E-state index contributed by atoms with van der Waals surface area (Å²) in [6.07, 6.45) is 1.01. The molecule has 0 saturated carbocycles. The van der Waals surface area contributed by atoms with Crippen LogP contribution >= 0.6 is 11.3 Å². The quantitative estimate of drug-likeness (QED) is 0.726. The maximum atomic E-state index is 12.1. The molecular formula is C16H19N3O3S. The summed E-state index contributed by atoms with van der Waals surface area (Å²) in [6, 6.07) is 8.65. The molecule has 122 valence electrons. The van der Waals surface area contributed by atoms with Crippen LogP contribution in [0.2, 0.25) is 0 Å². The minimum Gasteiger partial charge on any atom is -0.494 e. The van der Waals surface area contributed by atoms with Gasteiger partial charge < -0.3 is 21.1 Å². The van der Waals surface area contributed by atoms with Crippen LogP contribution in [0.1, 0.15) is 22.5 Å². The number of carbonyl (C=O) groups excluding carboxylic acids is 2. The molecule has 0 radical (unpaired) electrons. The molecule has 2 rings (SSSR count). The van der Waals surface area contributed by atoms with Crippen molar-refractivity contribution in [2.24, 2.45) is 5.73 Å². The molecule has 0 aliphatic heterocycles. The Labute approximate surface area is 138 Å². The minimum atomic E-state index is -0.196. The fourth-order valence-electron chi connectivity index (χ4n) is 1.95. The van der Waals surface area contributed by atoms with Crippen LogP contribution in [0.25, 0.3) is 0 Å². The van der Waals surface area contributed by atoms with E-state index in [4.69, 9.17) is 10.5 Å².